The summed E-state index contributed by atoms with van der Waals surface area (Å²) in [5, 5.41) is 0. The molecule has 0 N–H and O–H groups in total. The van der Waals surface area contributed by atoms with Gasteiger partial charge >= 0.3 is 0 Å². The van der Waals surface area contributed by atoms with E-state index >= 15 is 0 Å². The number of ketones is 1. The highest BCUT2D eigenvalue weighted by Crippen LogP contribution is 2.58. The van der Waals surface area contributed by atoms with E-state index in [4.69, 9.17) is 9.47 Å². The second-order valence-corrected chi connectivity index (χ2v) is 6.62. The van der Waals surface area contributed by atoms with Crippen LogP contribution in [0.4, 0.5) is 0 Å². The highest BCUT2D eigenvalue weighted by atomic mass is 16.6. The van der Waals surface area contributed by atoms with E-state index in [9.17, 15) is 4.79 Å². The second-order valence-electron chi connectivity index (χ2n) is 6.62. The molecule has 0 radical (unpaired) electrons. The van der Waals surface area contributed by atoms with Crippen molar-refractivity contribution < 1.29 is 14.3 Å². The summed E-state index contributed by atoms with van der Waals surface area (Å²) in [5.41, 5.74) is 2.29. The van der Waals surface area contributed by atoms with Crippen LogP contribution in [0.15, 0.2) is 23.3 Å². The second kappa shape index (κ2) is 3.58. The van der Waals surface area contributed by atoms with Crippen LogP contribution in [0.3, 0.4) is 0 Å². The molecule has 3 heteroatoms. The first-order chi connectivity index (χ1) is 9.04. The molecule has 3 nitrogen and oxygen atoms in total. The third-order valence-corrected chi connectivity index (χ3v) is 5.30. The predicted molar refractivity (Wildman–Crippen MR) is 70.8 cm³/mol. The summed E-state index contributed by atoms with van der Waals surface area (Å²) in [6.07, 6.45) is 8.45. The zero-order valence-corrected chi connectivity index (χ0v) is 11.6. The van der Waals surface area contributed by atoms with Gasteiger partial charge in [-0.2, -0.15) is 0 Å². The first-order valence-electron chi connectivity index (χ1n) is 7.26. The Kier molecular flexibility index (Phi) is 2.24. The molecule has 4 unspecified atom stereocenters. The number of allylic oxidation sites excluding steroid dienone is 2. The molecule has 0 amide bonds. The number of hydrogen-bond donors (Lipinski definition) is 0. The van der Waals surface area contributed by atoms with Gasteiger partial charge in [-0.05, 0) is 44.8 Å². The van der Waals surface area contributed by atoms with E-state index in [0.29, 0.717) is 6.42 Å². The van der Waals surface area contributed by atoms with E-state index in [1.807, 2.05) is 6.92 Å². The fourth-order valence-corrected chi connectivity index (χ4v) is 3.65. The average molecular weight is 260 g/mol. The van der Waals surface area contributed by atoms with Crippen LogP contribution in [0.2, 0.25) is 0 Å². The quantitative estimate of drug-likeness (QED) is 0.578. The highest BCUT2D eigenvalue weighted by Gasteiger charge is 2.69. The topological polar surface area (TPSA) is 42.1 Å². The molecule has 3 fully saturated rings. The molecule has 19 heavy (non-hydrogen) atoms. The molecule has 4 atom stereocenters. The lowest BCUT2D eigenvalue weighted by Gasteiger charge is -2.31. The van der Waals surface area contributed by atoms with E-state index in [-0.39, 0.29) is 29.0 Å². The molecule has 1 saturated carbocycles. The molecular formula is C16H20O3. The lowest BCUT2D eigenvalue weighted by molar-refractivity contribution is -0.117. The SMILES string of the molecule is CC1=CC(=O)CC(C2(C)OC2CC=C2CC2)C12CO2. The summed E-state index contributed by atoms with van der Waals surface area (Å²) < 4.78 is 11.7. The first kappa shape index (κ1) is 11.9. The minimum absolute atomic E-state index is 0.173. The molecule has 1 spiro atoms. The Balaban J connectivity index is 1.54. The molecule has 4 aliphatic rings. The molecule has 4 rings (SSSR count). The van der Waals surface area contributed by atoms with Crippen molar-refractivity contribution in [2.24, 2.45) is 5.92 Å². The lowest BCUT2D eigenvalue weighted by Crippen LogP contribution is -2.42. The van der Waals surface area contributed by atoms with Crippen LogP contribution in [0.25, 0.3) is 0 Å². The molecule has 0 aromatic rings. The third-order valence-electron chi connectivity index (χ3n) is 5.30. The molecule has 0 aromatic heterocycles. The van der Waals surface area contributed by atoms with Crippen LogP contribution in [-0.2, 0) is 14.3 Å². The molecule has 2 aliphatic heterocycles. The number of carbonyl (C=O) groups excluding carboxylic acids is 1. The zero-order chi connectivity index (χ0) is 13.3. The van der Waals surface area contributed by atoms with Crippen LogP contribution in [-0.4, -0.2) is 29.7 Å². The summed E-state index contributed by atoms with van der Waals surface area (Å²) in [6, 6.07) is 0. The van der Waals surface area contributed by atoms with E-state index in [1.165, 1.54) is 12.8 Å². The third kappa shape index (κ3) is 1.75. The monoisotopic (exact) mass is 260 g/mol. The van der Waals surface area contributed by atoms with Crippen molar-refractivity contribution in [1.29, 1.82) is 0 Å². The van der Waals surface area contributed by atoms with Crippen LogP contribution >= 0.6 is 0 Å². The number of rotatable bonds is 3. The maximum absolute atomic E-state index is 11.9. The van der Waals surface area contributed by atoms with Gasteiger partial charge in [-0.1, -0.05) is 11.6 Å². The van der Waals surface area contributed by atoms with Gasteiger partial charge in [0.2, 0.25) is 0 Å². The summed E-state index contributed by atoms with van der Waals surface area (Å²) in [4.78, 5) is 11.9. The van der Waals surface area contributed by atoms with Crippen LogP contribution in [0, 0.1) is 5.92 Å². The summed E-state index contributed by atoms with van der Waals surface area (Å²) in [6.45, 7) is 4.92. The largest absolute Gasteiger partial charge is 0.366 e. The van der Waals surface area contributed by atoms with Gasteiger partial charge in [0.1, 0.15) is 5.60 Å². The van der Waals surface area contributed by atoms with Gasteiger partial charge < -0.3 is 9.47 Å². The smallest absolute Gasteiger partial charge is 0.156 e. The van der Waals surface area contributed by atoms with Gasteiger partial charge in [-0.15, -0.1) is 0 Å². The summed E-state index contributed by atoms with van der Waals surface area (Å²) >= 11 is 0. The Morgan fingerprint density at radius 1 is 1.47 bits per heavy atom. The maximum Gasteiger partial charge on any atom is 0.156 e. The number of epoxide rings is 2. The number of hydrogen-bond acceptors (Lipinski definition) is 3. The average Bonchev–Trinajstić information content (AvgIpc) is 3.18. The van der Waals surface area contributed by atoms with Crippen LogP contribution in [0.5, 0.6) is 0 Å². The molecule has 102 valence electrons. The molecule has 2 heterocycles. The molecule has 2 aliphatic carbocycles. The van der Waals surface area contributed by atoms with Crippen molar-refractivity contribution in [1.82, 2.24) is 0 Å². The van der Waals surface area contributed by atoms with E-state index < -0.39 is 0 Å². The van der Waals surface area contributed by atoms with Gasteiger partial charge in [0.05, 0.1) is 18.3 Å². The minimum atomic E-state index is -0.190. The Bertz CT molecular complexity index is 506. The van der Waals surface area contributed by atoms with E-state index in [2.05, 4.69) is 13.0 Å². The maximum atomic E-state index is 11.9. The predicted octanol–water partition coefficient (Wildman–Crippen LogP) is 2.56. The molecular weight excluding hydrogens is 240 g/mol. The van der Waals surface area contributed by atoms with Crippen molar-refractivity contribution in [3.05, 3.63) is 23.3 Å². The summed E-state index contributed by atoms with van der Waals surface area (Å²) in [5.74, 6) is 0.416. The Labute approximate surface area is 113 Å². The minimum Gasteiger partial charge on any atom is -0.366 e. The van der Waals surface area contributed by atoms with Crippen molar-refractivity contribution >= 4 is 5.78 Å². The van der Waals surface area contributed by atoms with Crippen LogP contribution in [0.1, 0.15) is 39.5 Å². The highest BCUT2D eigenvalue weighted by molar-refractivity contribution is 5.92. The fourth-order valence-electron chi connectivity index (χ4n) is 3.65. The van der Waals surface area contributed by atoms with Gasteiger partial charge in [-0.3, -0.25) is 4.79 Å². The molecule has 0 aromatic carbocycles. The molecule has 2 saturated heterocycles. The van der Waals surface area contributed by atoms with Gasteiger partial charge in [0.25, 0.3) is 0 Å². The number of carbonyl (C=O) groups is 1. The van der Waals surface area contributed by atoms with Gasteiger partial charge in [0, 0.05) is 12.3 Å². The van der Waals surface area contributed by atoms with E-state index in [1.54, 1.807) is 11.6 Å². The molecule has 0 bridgehead atoms. The Hall–Kier alpha value is -0.930. The first-order valence-corrected chi connectivity index (χ1v) is 7.26. The van der Waals surface area contributed by atoms with E-state index in [0.717, 1.165) is 18.6 Å². The van der Waals surface area contributed by atoms with Crippen molar-refractivity contribution in [3.8, 4) is 0 Å². The van der Waals surface area contributed by atoms with Gasteiger partial charge in [-0.25, -0.2) is 0 Å². The number of ether oxygens (including phenoxy) is 2. The van der Waals surface area contributed by atoms with Crippen LogP contribution < -0.4 is 0 Å². The summed E-state index contributed by atoms with van der Waals surface area (Å²) in [7, 11) is 0. The van der Waals surface area contributed by atoms with Crippen molar-refractivity contribution in [2.45, 2.75) is 56.8 Å². The van der Waals surface area contributed by atoms with Crippen molar-refractivity contribution in [3.63, 3.8) is 0 Å². The fraction of sp³-hybridized carbons (Fsp3) is 0.688. The van der Waals surface area contributed by atoms with Crippen molar-refractivity contribution in [2.75, 3.05) is 6.61 Å². The normalized spacial score (nSPS) is 47.2. The Morgan fingerprint density at radius 2 is 2.21 bits per heavy atom. The lowest BCUT2D eigenvalue weighted by atomic mass is 9.70. The Morgan fingerprint density at radius 3 is 2.84 bits per heavy atom. The zero-order valence-electron chi connectivity index (χ0n) is 11.6. The standard InChI is InChI=1S/C16H20O3/c1-10-7-12(17)8-13(16(10)9-18-16)15(2)14(19-15)6-5-11-3-4-11/h5,7,13-14H,3-4,6,8-9H2,1-2H3. The van der Waals surface area contributed by atoms with Gasteiger partial charge in [0.15, 0.2) is 5.78 Å².